The van der Waals surface area contributed by atoms with Crippen molar-refractivity contribution in [1.82, 2.24) is 0 Å². The van der Waals surface area contributed by atoms with Crippen molar-refractivity contribution in [3.8, 4) is 0 Å². The van der Waals surface area contributed by atoms with E-state index in [1.54, 1.807) is 0 Å². The SMILES string of the molecule is CC(C)(CCC(F)(F)C(F)(F)F)O[SiH3]. The third kappa shape index (κ3) is 3.91. The van der Waals surface area contributed by atoms with Crippen LogP contribution in [0.1, 0.15) is 26.7 Å². The number of alkyl halides is 5. The lowest BCUT2D eigenvalue weighted by molar-refractivity contribution is -0.286. The Balaban J connectivity index is 4.27. The molecule has 0 bridgehead atoms. The quantitative estimate of drug-likeness (QED) is 0.536. The molecule has 0 saturated carbocycles. The Morgan fingerprint density at radius 2 is 1.43 bits per heavy atom. The van der Waals surface area contributed by atoms with E-state index in [0.29, 0.717) is 10.5 Å². The minimum Gasteiger partial charge on any atom is -0.423 e. The summed E-state index contributed by atoms with van der Waals surface area (Å²) < 4.78 is 64.9. The van der Waals surface area contributed by atoms with Crippen LogP contribution in [0.4, 0.5) is 22.0 Å². The van der Waals surface area contributed by atoms with Gasteiger partial charge in [0.25, 0.3) is 0 Å². The second kappa shape index (κ2) is 4.14. The molecule has 1 nitrogen and oxygen atoms in total. The van der Waals surface area contributed by atoms with Crippen molar-refractivity contribution in [2.75, 3.05) is 0 Å². The lowest BCUT2D eigenvalue weighted by Gasteiger charge is -2.27. The molecule has 0 unspecified atom stereocenters. The second-order valence-electron chi connectivity index (χ2n) is 3.67. The molecule has 0 N–H and O–H groups in total. The first kappa shape index (κ1) is 13.8. The molecule has 0 amide bonds. The highest BCUT2D eigenvalue weighted by atomic mass is 28.2. The monoisotopic (exact) mass is 236 g/mol. The van der Waals surface area contributed by atoms with Gasteiger partial charge in [0.15, 0.2) is 0 Å². The smallest absolute Gasteiger partial charge is 0.423 e. The molecular weight excluding hydrogens is 223 g/mol. The molecule has 0 spiro atoms. The molecule has 0 aliphatic rings. The molecule has 0 aliphatic carbocycles. The van der Waals surface area contributed by atoms with Crippen LogP contribution in [0, 0.1) is 0 Å². The van der Waals surface area contributed by atoms with E-state index >= 15 is 0 Å². The summed E-state index contributed by atoms with van der Waals surface area (Å²) in [5.41, 5.74) is -0.902. The molecule has 0 heterocycles. The molecule has 7 heteroatoms. The first-order chi connectivity index (χ1) is 6.02. The van der Waals surface area contributed by atoms with E-state index < -0.39 is 24.1 Å². The third-order valence-corrected chi connectivity index (χ3v) is 3.11. The highest BCUT2D eigenvalue weighted by Gasteiger charge is 2.57. The van der Waals surface area contributed by atoms with Crippen LogP contribution in [0.25, 0.3) is 0 Å². The first-order valence-corrected chi connectivity index (χ1v) is 4.83. The molecular formula is C7H13F5OSi. The molecule has 0 aromatic rings. The van der Waals surface area contributed by atoms with Crippen LogP contribution in [0.5, 0.6) is 0 Å². The van der Waals surface area contributed by atoms with Gasteiger partial charge in [-0.25, -0.2) is 0 Å². The first-order valence-electron chi connectivity index (χ1n) is 4.01. The van der Waals surface area contributed by atoms with Gasteiger partial charge in [-0.05, 0) is 20.3 Å². The van der Waals surface area contributed by atoms with Crippen LogP contribution < -0.4 is 0 Å². The van der Waals surface area contributed by atoms with Crippen molar-refractivity contribution in [1.29, 1.82) is 0 Å². The molecule has 14 heavy (non-hydrogen) atoms. The highest BCUT2D eigenvalue weighted by molar-refractivity contribution is 5.98. The maximum absolute atomic E-state index is 12.4. The van der Waals surface area contributed by atoms with Crippen LogP contribution in [0.15, 0.2) is 0 Å². The van der Waals surface area contributed by atoms with E-state index in [4.69, 9.17) is 4.43 Å². The molecule has 0 fully saturated rings. The zero-order valence-electron chi connectivity index (χ0n) is 8.21. The van der Waals surface area contributed by atoms with E-state index in [2.05, 4.69) is 0 Å². The summed E-state index contributed by atoms with van der Waals surface area (Å²) in [6.45, 7) is 2.99. The maximum atomic E-state index is 12.4. The topological polar surface area (TPSA) is 9.23 Å². The van der Waals surface area contributed by atoms with Crippen molar-refractivity contribution >= 4 is 10.5 Å². The zero-order valence-corrected chi connectivity index (χ0v) is 10.2. The van der Waals surface area contributed by atoms with Gasteiger partial charge in [0.2, 0.25) is 0 Å². The van der Waals surface area contributed by atoms with Crippen molar-refractivity contribution in [3.63, 3.8) is 0 Å². The standard InChI is InChI=1S/C7H13F5OSi/c1-5(2,13-14)3-4-6(8,9)7(10,11)12/h3-4H2,1-2,14H3. The molecule has 0 atom stereocenters. The third-order valence-electron chi connectivity index (χ3n) is 2.01. The lowest BCUT2D eigenvalue weighted by atomic mass is 10.00. The summed E-state index contributed by atoms with van der Waals surface area (Å²) in [6.07, 6.45) is -7.01. The molecule has 0 aromatic heterocycles. The number of hydrogen-bond donors (Lipinski definition) is 0. The number of halogens is 5. The predicted octanol–water partition coefficient (Wildman–Crippen LogP) is 2.04. The number of rotatable bonds is 4. The summed E-state index contributed by atoms with van der Waals surface area (Å²) in [5, 5.41) is 0. The summed E-state index contributed by atoms with van der Waals surface area (Å²) >= 11 is 0. The Labute approximate surface area is 82.2 Å². The average molecular weight is 236 g/mol. The van der Waals surface area contributed by atoms with Gasteiger partial charge in [-0.15, -0.1) is 0 Å². The fraction of sp³-hybridized carbons (Fsp3) is 1.00. The van der Waals surface area contributed by atoms with Gasteiger partial charge in [-0.3, -0.25) is 0 Å². The van der Waals surface area contributed by atoms with Crippen LogP contribution in [0.3, 0.4) is 0 Å². The summed E-state index contributed by atoms with van der Waals surface area (Å²) in [5.74, 6) is -4.62. The van der Waals surface area contributed by atoms with E-state index in [1.165, 1.54) is 13.8 Å². The molecule has 0 rings (SSSR count). The Kier molecular flexibility index (Phi) is 4.09. The predicted molar refractivity (Wildman–Crippen MR) is 45.3 cm³/mol. The summed E-state index contributed by atoms with van der Waals surface area (Å²) in [7, 11) is 0.312. The minimum absolute atomic E-state index is 0.312. The fourth-order valence-electron chi connectivity index (χ4n) is 0.702. The average Bonchev–Trinajstić information content (AvgIpc) is 1.99. The Morgan fingerprint density at radius 3 is 1.71 bits per heavy atom. The Hall–Kier alpha value is -0.173. The van der Waals surface area contributed by atoms with Gasteiger partial charge in [0.1, 0.15) is 10.5 Å². The maximum Gasteiger partial charge on any atom is 0.453 e. The van der Waals surface area contributed by atoms with Gasteiger partial charge < -0.3 is 4.43 Å². The number of hydrogen-bond acceptors (Lipinski definition) is 1. The van der Waals surface area contributed by atoms with Crippen LogP contribution >= 0.6 is 0 Å². The minimum atomic E-state index is -5.46. The largest absolute Gasteiger partial charge is 0.453 e. The zero-order chi connectivity index (χ0) is 11.6. The molecule has 0 aliphatic heterocycles. The van der Waals surface area contributed by atoms with E-state index in [9.17, 15) is 22.0 Å². The van der Waals surface area contributed by atoms with Crippen LogP contribution in [0.2, 0.25) is 0 Å². The van der Waals surface area contributed by atoms with Crippen LogP contribution in [-0.4, -0.2) is 28.2 Å². The molecule has 0 aromatic carbocycles. The van der Waals surface area contributed by atoms with E-state index in [1.807, 2.05) is 0 Å². The van der Waals surface area contributed by atoms with Gasteiger partial charge >= 0.3 is 12.1 Å². The second-order valence-corrected chi connectivity index (χ2v) is 4.07. The van der Waals surface area contributed by atoms with Crippen molar-refractivity contribution in [2.24, 2.45) is 0 Å². The summed E-state index contributed by atoms with van der Waals surface area (Å²) in [4.78, 5) is 0. The Morgan fingerprint density at radius 1 is 1.00 bits per heavy atom. The molecule has 0 saturated heterocycles. The molecule has 86 valence electrons. The van der Waals surface area contributed by atoms with Crippen LogP contribution in [-0.2, 0) is 4.43 Å². The van der Waals surface area contributed by atoms with Crippen molar-refractivity contribution in [3.05, 3.63) is 0 Å². The van der Waals surface area contributed by atoms with Gasteiger partial charge in [-0.2, -0.15) is 22.0 Å². The normalized spacial score (nSPS) is 14.8. The molecule has 0 radical (unpaired) electrons. The van der Waals surface area contributed by atoms with Gasteiger partial charge in [-0.1, -0.05) is 0 Å². The van der Waals surface area contributed by atoms with E-state index in [0.717, 1.165) is 0 Å². The van der Waals surface area contributed by atoms with Crippen molar-refractivity contribution in [2.45, 2.75) is 44.4 Å². The van der Waals surface area contributed by atoms with E-state index in [-0.39, 0.29) is 6.42 Å². The van der Waals surface area contributed by atoms with Gasteiger partial charge in [0, 0.05) is 12.0 Å². The van der Waals surface area contributed by atoms with Crippen molar-refractivity contribution < 1.29 is 26.4 Å². The Bertz CT molecular complexity index is 189. The highest BCUT2D eigenvalue weighted by Crippen LogP contribution is 2.40. The fourth-order valence-corrected chi connectivity index (χ4v) is 0.906. The summed E-state index contributed by atoms with van der Waals surface area (Å²) in [6, 6.07) is 0. The van der Waals surface area contributed by atoms with Gasteiger partial charge in [0.05, 0.1) is 0 Å². The lowest BCUT2D eigenvalue weighted by Crippen LogP contribution is -2.38.